The molecule has 0 atom stereocenters. The summed E-state index contributed by atoms with van der Waals surface area (Å²) in [6, 6.07) is 74.9. The van der Waals surface area contributed by atoms with Crippen molar-refractivity contribution in [3.63, 3.8) is 0 Å². The lowest BCUT2D eigenvalue weighted by molar-refractivity contribution is 1.10. The Morgan fingerprint density at radius 2 is 0.763 bits per heavy atom. The molecular formula is C55H34N4. The number of benzene rings is 10. The summed E-state index contributed by atoms with van der Waals surface area (Å²) in [5.41, 5.74) is 11.3. The zero-order valence-corrected chi connectivity index (χ0v) is 31.9. The number of hydrogen-bond acceptors (Lipinski definition) is 1. The van der Waals surface area contributed by atoms with Crippen LogP contribution in [0.3, 0.4) is 0 Å². The molecule has 0 bridgehead atoms. The lowest BCUT2D eigenvalue weighted by atomic mass is 10.00. The van der Waals surface area contributed by atoms with Crippen LogP contribution < -0.4 is 0 Å². The number of imidazole rings is 1. The van der Waals surface area contributed by atoms with E-state index in [1.54, 1.807) is 0 Å². The maximum atomic E-state index is 5.44. The number of fused-ring (bicyclic) bond motifs is 13. The van der Waals surface area contributed by atoms with Crippen LogP contribution in [0.25, 0.3) is 115 Å². The van der Waals surface area contributed by atoms with Gasteiger partial charge in [-0.1, -0.05) is 146 Å². The van der Waals surface area contributed by atoms with Gasteiger partial charge in [-0.05, 0) is 82.2 Å². The van der Waals surface area contributed by atoms with Gasteiger partial charge < -0.3 is 9.13 Å². The van der Waals surface area contributed by atoms with Gasteiger partial charge in [-0.15, -0.1) is 0 Å². The number of nitrogens with zero attached hydrogens (tertiary/aromatic N) is 4. The molecule has 0 saturated heterocycles. The van der Waals surface area contributed by atoms with E-state index < -0.39 is 0 Å². The van der Waals surface area contributed by atoms with Crippen molar-refractivity contribution in [1.82, 2.24) is 18.7 Å². The number of aromatic nitrogens is 4. The van der Waals surface area contributed by atoms with E-state index in [2.05, 4.69) is 220 Å². The average Bonchev–Trinajstić information content (AvgIpc) is 3.97. The van der Waals surface area contributed by atoms with Gasteiger partial charge in [-0.3, -0.25) is 4.57 Å². The Bertz CT molecular complexity index is 3830. The van der Waals surface area contributed by atoms with Gasteiger partial charge in [0, 0.05) is 54.9 Å². The molecule has 0 aliphatic carbocycles. The fraction of sp³-hybridized carbons (Fsp3) is 0. The van der Waals surface area contributed by atoms with Crippen molar-refractivity contribution in [3.8, 4) is 28.5 Å². The number of rotatable bonds is 4. The Kier molecular flexibility index (Phi) is 6.69. The predicted molar refractivity (Wildman–Crippen MR) is 248 cm³/mol. The molecule has 0 spiro atoms. The van der Waals surface area contributed by atoms with Crippen molar-refractivity contribution in [2.75, 3.05) is 0 Å². The van der Waals surface area contributed by atoms with Gasteiger partial charge in [-0.25, -0.2) is 4.98 Å². The molecule has 4 heteroatoms. The third kappa shape index (κ3) is 4.63. The first-order chi connectivity index (χ1) is 29.3. The van der Waals surface area contributed by atoms with E-state index in [-0.39, 0.29) is 0 Å². The van der Waals surface area contributed by atoms with E-state index in [9.17, 15) is 0 Å². The molecule has 0 amide bonds. The highest BCUT2D eigenvalue weighted by Gasteiger charge is 2.22. The molecule has 0 radical (unpaired) electrons. The molecule has 0 aliphatic heterocycles. The van der Waals surface area contributed by atoms with E-state index in [0.717, 1.165) is 44.9 Å². The molecule has 10 aromatic carbocycles. The van der Waals surface area contributed by atoms with Crippen LogP contribution in [0.4, 0.5) is 0 Å². The standard InChI is InChI=1S/C55H34N4/c1-2-15-36(16-3-1)55-56-53-45-22-8-6-18-41(45)42-19-7-9-23-46(42)54(53)59(55)39-30-28-38(29-31-39)57-49-24-12-10-20-43(49)47-34-52-48(33-51(47)57)44-21-11-13-25-50(44)58(52)40-27-26-35-14-4-5-17-37(35)32-40/h1-34H. The molecule has 3 aromatic heterocycles. The van der Waals surface area contributed by atoms with Crippen LogP contribution in [0, 0.1) is 0 Å². The molecule has 13 rings (SSSR count). The molecule has 4 nitrogen and oxygen atoms in total. The molecule has 0 saturated carbocycles. The summed E-state index contributed by atoms with van der Waals surface area (Å²) in [5, 5.41) is 12.2. The van der Waals surface area contributed by atoms with Gasteiger partial charge in [0.15, 0.2) is 0 Å². The van der Waals surface area contributed by atoms with E-state index in [4.69, 9.17) is 4.98 Å². The van der Waals surface area contributed by atoms with Crippen molar-refractivity contribution < 1.29 is 0 Å². The van der Waals surface area contributed by atoms with E-state index >= 15 is 0 Å². The van der Waals surface area contributed by atoms with Crippen LogP contribution in [-0.2, 0) is 0 Å². The Labute approximate surface area is 339 Å². The molecule has 59 heavy (non-hydrogen) atoms. The van der Waals surface area contributed by atoms with Crippen molar-refractivity contribution in [3.05, 3.63) is 206 Å². The second-order valence-electron chi connectivity index (χ2n) is 15.6. The maximum Gasteiger partial charge on any atom is 0.145 e. The molecule has 274 valence electrons. The summed E-state index contributed by atoms with van der Waals surface area (Å²) in [5.74, 6) is 0.928. The summed E-state index contributed by atoms with van der Waals surface area (Å²) < 4.78 is 7.23. The highest BCUT2D eigenvalue weighted by molar-refractivity contribution is 6.24. The Balaban J connectivity index is 1.05. The fourth-order valence-electron chi connectivity index (χ4n) is 9.79. The minimum absolute atomic E-state index is 0.928. The zero-order valence-electron chi connectivity index (χ0n) is 31.9. The molecule has 0 unspecified atom stereocenters. The van der Waals surface area contributed by atoms with Crippen molar-refractivity contribution in [2.24, 2.45) is 0 Å². The van der Waals surface area contributed by atoms with Crippen LogP contribution in [0.5, 0.6) is 0 Å². The zero-order chi connectivity index (χ0) is 38.6. The summed E-state index contributed by atoms with van der Waals surface area (Å²) >= 11 is 0. The van der Waals surface area contributed by atoms with E-state index in [0.29, 0.717) is 0 Å². The normalized spacial score (nSPS) is 12.1. The highest BCUT2D eigenvalue weighted by atomic mass is 15.1. The minimum atomic E-state index is 0.928. The van der Waals surface area contributed by atoms with Gasteiger partial charge in [0.2, 0.25) is 0 Å². The number of para-hydroxylation sites is 2. The molecule has 0 aliphatic rings. The first kappa shape index (κ1) is 32.2. The van der Waals surface area contributed by atoms with Crippen molar-refractivity contribution in [1.29, 1.82) is 0 Å². The second kappa shape index (κ2) is 12.3. The monoisotopic (exact) mass is 750 g/mol. The van der Waals surface area contributed by atoms with Crippen LogP contribution in [0.2, 0.25) is 0 Å². The third-order valence-corrected chi connectivity index (χ3v) is 12.4. The van der Waals surface area contributed by atoms with Gasteiger partial charge in [0.05, 0.1) is 33.1 Å². The van der Waals surface area contributed by atoms with Gasteiger partial charge in [0.25, 0.3) is 0 Å². The molecular weight excluding hydrogens is 717 g/mol. The lowest BCUT2D eigenvalue weighted by Gasteiger charge is -2.14. The Morgan fingerprint density at radius 3 is 1.42 bits per heavy atom. The summed E-state index contributed by atoms with van der Waals surface area (Å²) in [6.45, 7) is 0. The third-order valence-electron chi connectivity index (χ3n) is 12.4. The average molecular weight is 751 g/mol. The Morgan fingerprint density at radius 1 is 0.288 bits per heavy atom. The van der Waals surface area contributed by atoms with E-state index in [1.165, 1.54) is 70.5 Å². The van der Waals surface area contributed by atoms with Crippen molar-refractivity contribution >= 4 is 87.0 Å². The van der Waals surface area contributed by atoms with Crippen LogP contribution in [0.15, 0.2) is 206 Å². The van der Waals surface area contributed by atoms with Crippen LogP contribution in [-0.4, -0.2) is 18.7 Å². The molecule has 0 fully saturated rings. The molecule has 3 heterocycles. The van der Waals surface area contributed by atoms with Gasteiger partial charge in [0.1, 0.15) is 5.82 Å². The topological polar surface area (TPSA) is 27.7 Å². The summed E-state index contributed by atoms with van der Waals surface area (Å²) in [7, 11) is 0. The van der Waals surface area contributed by atoms with Gasteiger partial charge >= 0.3 is 0 Å². The molecule has 13 aromatic rings. The first-order valence-corrected chi connectivity index (χ1v) is 20.2. The van der Waals surface area contributed by atoms with Crippen LogP contribution in [0.1, 0.15) is 0 Å². The molecule has 0 N–H and O–H groups in total. The fourth-order valence-corrected chi connectivity index (χ4v) is 9.79. The van der Waals surface area contributed by atoms with Gasteiger partial charge in [-0.2, -0.15) is 0 Å². The largest absolute Gasteiger partial charge is 0.309 e. The second-order valence-corrected chi connectivity index (χ2v) is 15.6. The number of hydrogen-bond donors (Lipinski definition) is 0. The van der Waals surface area contributed by atoms with Crippen molar-refractivity contribution in [2.45, 2.75) is 0 Å². The quantitative estimate of drug-likeness (QED) is 0.165. The lowest BCUT2D eigenvalue weighted by Crippen LogP contribution is -2.00. The maximum absolute atomic E-state index is 5.44. The summed E-state index contributed by atoms with van der Waals surface area (Å²) in [4.78, 5) is 5.44. The predicted octanol–water partition coefficient (Wildman–Crippen LogP) is 14.3. The Hall–Kier alpha value is -7.95. The highest BCUT2D eigenvalue weighted by Crippen LogP contribution is 2.42. The SMILES string of the molecule is c1ccc(-c2nc3c4ccccc4c4ccccc4c3n2-c2ccc(-n3c4ccccc4c4cc5c(cc43)c3ccccc3n5-c3ccc4ccccc4c3)cc2)cc1. The smallest absolute Gasteiger partial charge is 0.145 e. The summed E-state index contributed by atoms with van der Waals surface area (Å²) in [6.07, 6.45) is 0. The minimum Gasteiger partial charge on any atom is -0.309 e. The van der Waals surface area contributed by atoms with E-state index in [1.807, 2.05) is 0 Å². The van der Waals surface area contributed by atoms with Crippen LogP contribution >= 0.6 is 0 Å². The first-order valence-electron chi connectivity index (χ1n) is 20.2.